The summed E-state index contributed by atoms with van der Waals surface area (Å²) in [5, 5.41) is 2.39. The van der Waals surface area contributed by atoms with Gasteiger partial charge in [-0.3, -0.25) is 9.59 Å². The number of alkyl halides is 3. The highest BCUT2D eigenvalue weighted by Gasteiger charge is 2.31. The van der Waals surface area contributed by atoms with E-state index in [1.807, 2.05) is 0 Å². The van der Waals surface area contributed by atoms with Gasteiger partial charge in [0.25, 0.3) is 0 Å². The van der Waals surface area contributed by atoms with Crippen molar-refractivity contribution in [3.63, 3.8) is 0 Å². The molecular formula is C17H14F4N2O2. The van der Waals surface area contributed by atoms with E-state index in [2.05, 4.69) is 5.32 Å². The van der Waals surface area contributed by atoms with Crippen LogP contribution in [0.4, 0.5) is 28.9 Å². The quantitative estimate of drug-likeness (QED) is 0.849. The van der Waals surface area contributed by atoms with Crippen molar-refractivity contribution in [3.05, 3.63) is 59.9 Å². The fourth-order valence-corrected chi connectivity index (χ4v) is 2.14. The van der Waals surface area contributed by atoms with E-state index in [1.165, 1.54) is 24.3 Å². The number of benzene rings is 2. The SMILES string of the molecule is CC(=O)N(CC(=O)Nc1cccc(F)c1)c1cccc(C(F)(F)F)c1. The van der Waals surface area contributed by atoms with E-state index >= 15 is 0 Å². The Bertz CT molecular complexity index is 790. The van der Waals surface area contributed by atoms with Gasteiger partial charge in [0.2, 0.25) is 11.8 Å². The van der Waals surface area contributed by atoms with Crippen molar-refractivity contribution < 1.29 is 27.2 Å². The first-order chi connectivity index (χ1) is 11.7. The number of amides is 2. The summed E-state index contributed by atoms with van der Waals surface area (Å²) in [6.45, 7) is 0.628. The van der Waals surface area contributed by atoms with Crippen molar-refractivity contribution in [1.29, 1.82) is 0 Å². The van der Waals surface area contributed by atoms with E-state index in [-0.39, 0.29) is 11.4 Å². The monoisotopic (exact) mass is 354 g/mol. The average Bonchev–Trinajstić information content (AvgIpc) is 2.51. The second kappa shape index (κ2) is 7.33. The number of carbonyl (C=O) groups is 2. The molecule has 0 aliphatic carbocycles. The molecule has 2 aromatic rings. The minimum absolute atomic E-state index is 0.0586. The maximum Gasteiger partial charge on any atom is 0.416 e. The Morgan fingerprint density at radius 3 is 2.36 bits per heavy atom. The second-order valence-corrected chi connectivity index (χ2v) is 5.21. The Labute approximate surface area is 141 Å². The van der Waals surface area contributed by atoms with Gasteiger partial charge in [0, 0.05) is 18.3 Å². The molecule has 0 fully saturated rings. The van der Waals surface area contributed by atoms with Crippen LogP contribution in [0.15, 0.2) is 48.5 Å². The lowest BCUT2D eigenvalue weighted by molar-refractivity contribution is -0.137. The molecule has 8 heteroatoms. The molecule has 0 aromatic heterocycles. The lowest BCUT2D eigenvalue weighted by Gasteiger charge is -2.21. The van der Waals surface area contributed by atoms with Crippen molar-refractivity contribution in [2.45, 2.75) is 13.1 Å². The second-order valence-electron chi connectivity index (χ2n) is 5.21. The molecule has 2 amide bonds. The van der Waals surface area contributed by atoms with Gasteiger partial charge in [-0.2, -0.15) is 13.2 Å². The van der Waals surface area contributed by atoms with Crippen LogP contribution in [-0.2, 0) is 15.8 Å². The van der Waals surface area contributed by atoms with Crippen LogP contribution in [0.5, 0.6) is 0 Å². The van der Waals surface area contributed by atoms with E-state index in [0.717, 1.165) is 36.1 Å². The number of hydrogen-bond acceptors (Lipinski definition) is 2. The molecule has 0 unspecified atom stereocenters. The average molecular weight is 354 g/mol. The number of nitrogens with zero attached hydrogens (tertiary/aromatic N) is 1. The molecule has 0 saturated carbocycles. The molecule has 2 aromatic carbocycles. The van der Waals surface area contributed by atoms with Gasteiger partial charge in [-0.25, -0.2) is 4.39 Å². The minimum Gasteiger partial charge on any atom is -0.324 e. The van der Waals surface area contributed by atoms with Crippen molar-refractivity contribution >= 4 is 23.2 Å². The third-order valence-corrected chi connectivity index (χ3v) is 3.28. The van der Waals surface area contributed by atoms with Gasteiger partial charge in [-0.1, -0.05) is 12.1 Å². The van der Waals surface area contributed by atoms with Gasteiger partial charge < -0.3 is 10.2 Å². The molecule has 0 aliphatic rings. The van der Waals surface area contributed by atoms with Crippen LogP contribution in [0.25, 0.3) is 0 Å². The molecule has 0 radical (unpaired) electrons. The largest absolute Gasteiger partial charge is 0.416 e. The van der Waals surface area contributed by atoms with E-state index in [0.29, 0.717) is 0 Å². The number of nitrogens with one attached hydrogen (secondary N) is 1. The summed E-state index contributed by atoms with van der Waals surface area (Å²) in [7, 11) is 0. The van der Waals surface area contributed by atoms with E-state index in [1.54, 1.807) is 0 Å². The Balaban J connectivity index is 2.19. The van der Waals surface area contributed by atoms with Crippen LogP contribution in [0.3, 0.4) is 0 Å². The highest BCUT2D eigenvalue weighted by atomic mass is 19.4. The molecule has 25 heavy (non-hydrogen) atoms. The first-order valence-corrected chi connectivity index (χ1v) is 7.17. The van der Waals surface area contributed by atoms with Gasteiger partial charge in [-0.15, -0.1) is 0 Å². The van der Waals surface area contributed by atoms with Crippen molar-refractivity contribution in [2.75, 3.05) is 16.8 Å². The lowest BCUT2D eigenvalue weighted by Crippen LogP contribution is -2.36. The van der Waals surface area contributed by atoms with E-state index < -0.39 is 35.9 Å². The molecule has 0 aliphatic heterocycles. The molecule has 0 saturated heterocycles. The minimum atomic E-state index is -4.57. The topological polar surface area (TPSA) is 49.4 Å². The summed E-state index contributed by atoms with van der Waals surface area (Å²) in [6.07, 6.45) is -4.57. The van der Waals surface area contributed by atoms with Crippen LogP contribution in [0.2, 0.25) is 0 Å². The summed E-state index contributed by atoms with van der Waals surface area (Å²) < 4.78 is 51.5. The van der Waals surface area contributed by atoms with Crippen molar-refractivity contribution in [2.24, 2.45) is 0 Å². The molecule has 132 valence electrons. The van der Waals surface area contributed by atoms with Gasteiger partial charge in [-0.05, 0) is 36.4 Å². The Morgan fingerprint density at radius 1 is 1.08 bits per heavy atom. The molecule has 4 nitrogen and oxygen atoms in total. The molecular weight excluding hydrogens is 340 g/mol. The third-order valence-electron chi connectivity index (χ3n) is 3.28. The van der Waals surface area contributed by atoms with Crippen molar-refractivity contribution in [1.82, 2.24) is 0 Å². The summed E-state index contributed by atoms with van der Waals surface area (Å²) in [4.78, 5) is 24.7. The predicted octanol–water partition coefficient (Wildman–Crippen LogP) is 3.84. The molecule has 0 bridgehead atoms. The van der Waals surface area contributed by atoms with Gasteiger partial charge >= 0.3 is 6.18 Å². The molecule has 1 N–H and O–H groups in total. The molecule has 0 spiro atoms. The number of halogens is 4. The summed E-state index contributed by atoms with van der Waals surface area (Å²) in [5.41, 5.74) is -0.809. The van der Waals surface area contributed by atoms with Crippen LogP contribution in [0, 0.1) is 5.82 Å². The third kappa shape index (κ3) is 5.03. The van der Waals surface area contributed by atoms with Crippen LogP contribution in [0.1, 0.15) is 12.5 Å². The lowest BCUT2D eigenvalue weighted by atomic mass is 10.1. The van der Waals surface area contributed by atoms with E-state index in [4.69, 9.17) is 0 Å². The van der Waals surface area contributed by atoms with Gasteiger partial charge in [0.05, 0.1) is 5.56 Å². The predicted molar refractivity (Wildman–Crippen MR) is 84.5 cm³/mol. The maximum absolute atomic E-state index is 13.1. The number of hydrogen-bond donors (Lipinski definition) is 1. The first kappa shape index (κ1) is 18.4. The summed E-state index contributed by atoms with van der Waals surface area (Å²) >= 11 is 0. The standard InChI is InChI=1S/C17H14F4N2O2/c1-11(24)23(15-7-2-4-12(8-15)17(19,20)21)10-16(25)22-14-6-3-5-13(18)9-14/h2-9H,10H2,1H3,(H,22,25). The zero-order chi connectivity index (χ0) is 18.6. The van der Waals surface area contributed by atoms with Crippen LogP contribution < -0.4 is 10.2 Å². The maximum atomic E-state index is 13.1. The molecule has 0 heterocycles. The Morgan fingerprint density at radius 2 is 1.76 bits per heavy atom. The van der Waals surface area contributed by atoms with E-state index in [9.17, 15) is 27.2 Å². The Hall–Kier alpha value is -2.90. The fraction of sp³-hybridized carbons (Fsp3) is 0.176. The van der Waals surface area contributed by atoms with Crippen LogP contribution >= 0.6 is 0 Å². The number of carbonyl (C=O) groups excluding carboxylic acids is 2. The highest BCUT2D eigenvalue weighted by Crippen LogP contribution is 2.31. The molecule has 2 rings (SSSR count). The van der Waals surface area contributed by atoms with Gasteiger partial charge in [0.15, 0.2) is 0 Å². The summed E-state index contributed by atoms with van der Waals surface area (Å²) in [5.74, 6) is -1.83. The van der Waals surface area contributed by atoms with Crippen molar-refractivity contribution in [3.8, 4) is 0 Å². The fourth-order valence-electron chi connectivity index (χ4n) is 2.14. The number of anilines is 2. The van der Waals surface area contributed by atoms with Gasteiger partial charge in [0.1, 0.15) is 12.4 Å². The normalized spacial score (nSPS) is 11.1. The number of rotatable bonds is 4. The first-order valence-electron chi connectivity index (χ1n) is 7.17. The zero-order valence-electron chi connectivity index (χ0n) is 13.1. The highest BCUT2D eigenvalue weighted by molar-refractivity contribution is 6.01. The van der Waals surface area contributed by atoms with Crippen LogP contribution in [-0.4, -0.2) is 18.4 Å². The Kier molecular flexibility index (Phi) is 5.41. The zero-order valence-corrected chi connectivity index (χ0v) is 13.1. The smallest absolute Gasteiger partial charge is 0.324 e. The summed E-state index contributed by atoms with van der Waals surface area (Å²) in [6, 6.07) is 9.22. The molecule has 0 atom stereocenters.